The third kappa shape index (κ3) is 3.75. The van der Waals surface area contributed by atoms with Gasteiger partial charge in [0.05, 0.1) is 11.1 Å². The van der Waals surface area contributed by atoms with Gasteiger partial charge in [0.1, 0.15) is 0 Å². The first-order chi connectivity index (χ1) is 11.3. The Morgan fingerprint density at radius 2 is 0.917 bits per heavy atom. The van der Waals surface area contributed by atoms with E-state index >= 15 is 0 Å². The van der Waals surface area contributed by atoms with E-state index in [0.717, 1.165) is 22.3 Å². The smallest absolute Gasteiger partial charge is 0.211 e. The highest BCUT2D eigenvalue weighted by Crippen LogP contribution is 2.29. The number of aliphatic imine (C=N–C) groups is 2. The summed E-state index contributed by atoms with van der Waals surface area (Å²) in [7, 11) is 0. The second-order valence-electron chi connectivity index (χ2n) is 6.68. The van der Waals surface area contributed by atoms with Crippen LogP contribution in [-0.4, -0.2) is 12.2 Å². The average molecular weight is 320 g/mol. The SMILES string of the molecule is CC(C)(N=C=O)c1ccc(-c2ccc(C(C)(C)N=C=O)cc2)cc1. The Morgan fingerprint density at radius 3 is 1.17 bits per heavy atom. The van der Waals surface area contributed by atoms with Crippen LogP contribution in [0.25, 0.3) is 11.1 Å². The number of isocyanates is 2. The summed E-state index contributed by atoms with van der Waals surface area (Å²) in [6, 6.07) is 15.9. The van der Waals surface area contributed by atoms with Crippen LogP contribution in [0.15, 0.2) is 58.5 Å². The maximum Gasteiger partial charge on any atom is 0.235 e. The third-order valence-electron chi connectivity index (χ3n) is 4.17. The molecule has 0 amide bonds. The van der Waals surface area contributed by atoms with Crippen LogP contribution >= 0.6 is 0 Å². The number of nitrogens with zero attached hydrogens (tertiary/aromatic N) is 2. The highest BCUT2D eigenvalue weighted by molar-refractivity contribution is 5.64. The van der Waals surface area contributed by atoms with E-state index in [-0.39, 0.29) is 0 Å². The molecule has 24 heavy (non-hydrogen) atoms. The molecule has 0 aliphatic heterocycles. The van der Waals surface area contributed by atoms with E-state index in [4.69, 9.17) is 0 Å². The van der Waals surface area contributed by atoms with Crippen molar-refractivity contribution in [1.29, 1.82) is 0 Å². The molecular weight excluding hydrogens is 300 g/mol. The molecule has 2 aromatic carbocycles. The second-order valence-corrected chi connectivity index (χ2v) is 6.68. The molecule has 2 aromatic rings. The predicted octanol–water partition coefficient (Wildman–Crippen LogP) is 4.50. The molecule has 0 atom stereocenters. The lowest BCUT2D eigenvalue weighted by atomic mass is 9.91. The van der Waals surface area contributed by atoms with Crippen LogP contribution < -0.4 is 0 Å². The van der Waals surface area contributed by atoms with E-state index in [1.807, 2.05) is 76.2 Å². The van der Waals surface area contributed by atoms with Crippen molar-refractivity contribution in [2.75, 3.05) is 0 Å². The molecule has 0 saturated carbocycles. The lowest BCUT2D eigenvalue weighted by molar-refractivity contribution is 0.522. The second kappa shape index (κ2) is 6.76. The van der Waals surface area contributed by atoms with E-state index in [1.54, 1.807) is 12.2 Å². The van der Waals surface area contributed by atoms with Crippen LogP contribution in [0.3, 0.4) is 0 Å². The average Bonchev–Trinajstić information content (AvgIpc) is 2.55. The van der Waals surface area contributed by atoms with Crippen LogP contribution in [0.4, 0.5) is 0 Å². The van der Waals surface area contributed by atoms with E-state index in [1.165, 1.54) is 0 Å². The molecule has 0 fully saturated rings. The molecule has 0 aromatic heterocycles. The van der Waals surface area contributed by atoms with Gasteiger partial charge in [0.15, 0.2) is 0 Å². The largest absolute Gasteiger partial charge is 0.235 e. The summed E-state index contributed by atoms with van der Waals surface area (Å²) in [5, 5.41) is 0. The van der Waals surface area contributed by atoms with Gasteiger partial charge in [-0.15, -0.1) is 0 Å². The number of hydrogen-bond donors (Lipinski definition) is 0. The standard InChI is InChI=1S/C20H20N2O2/c1-19(2,21-13-23)17-9-5-15(6-10-17)16-7-11-18(12-8-16)20(3,4)22-14-24/h5-12H,1-4H3. The van der Waals surface area contributed by atoms with E-state index in [9.17, 15) is 9.59 Å². The summed E-state index contributed by atoms with van der Waals surface area (Å²) in [5.41, 5.74) is 2.86. The Hall–Kier alpha value is -2.80. The van der Waals surface area contributed by atoms with Gasteiger partial charge >= 0.3 is 0 Å². The fourth-order valence-electron chi connectivity index (χ4n) is 2.50. The maximum atomic E-state index is 10.5. The van der Waals surface area contributed by atoms with Crippen molar-refractivity contribution in [3.63, 3.8) is 0 Å². The number of hydrogen-bond acceptors (Lipinski definition) is 4. The molecule has 0 spiro atoms. The Bertz CT molecular complexity index is 734. The van der Waals surface area contributed by atoms with Crippen molar-refractivity contribution in [3.05, 3.63) is 59.7 Å². The molecule has 0 N–H and O–H groups in total. The Balaban J connectivity index is 2.30. The zero-order valence-corrected chi connectivity index (χ0v) is 14.3. The van der Waals surface area contributed by atoms with Crippen molar-refractivity contribution < 1.29 is 9.59 Å². The molecule has 2 rings (SSSR count). The first-order valence-electron chi connectivity index (χ1n) is 7.70. The molecule has 4 nitrogen and oxygen atoms in total. The van der Waals surface area contributed by atoms with E-state index in [0.29, 0.717) is 0 Å². The molecule has 0 saturated heterocycles. The molecule has 0 aliphatic rings. The minimum Gasteiger partial charge on any atom is -0.211 e. The first kappa shape index (κ1) is 17.6. The van der Waals surface area contributed by atoms with Gasteiger partial charge in [-0.25, -0.2) is 9.59 Å². The quantitative estimate of drug-likeness (QED) is 0.602. The normalized spacial score (nSPS) is 11.3. The maximum absolute atomic E-state index is 10.5. The zero-order valence-electron chi connectivity index (χ0n) is 14.3. The highest BCUT2D eigenvalue weighted by Gasteiger charge is 2.20. The number of benzene rings is 2. The van der Waals surface area contributed by atoms with Crippen molar-refractivity contribution in [2.45, 2.75) is 38.8 Å². The van der Waals surface area contributed by atoms with Crippen LogP contribution in [0.2, 0.25) is 0 Å². The summed E-state index contributed by atoms with van der Waals surface area (Å²) in [4.78, 5) is 28.7. The van der Waals surface area contributed by atoms with Crippen molar-refractivity contribution in [1.82, 2.24) is 0 Å². The van der Waals surface area contributed by atoms with Crippen molar-refractivity contribution in [3.8, 4) is 11.1 Å². The Kier molecular flexibility index (Phi) is 4.94. The van der Waals surface area contributed by atoms with Gasteiger partial charge in [-0.1, -0.05) is 48.5 Å². The first-order valence-corrected chi connectivity index (χ1v) is 7.70. The predicted molar refractivity (Wildman–Crippen MR) is 94.2 cm³/mol. The Morgan fingerprint density at radius 1 is 0.625 bits per heavy atom. The van der Waals surface area contributed by atoms with Gasteiger partial charge in [0.25, 0.3) is 0 Å². The summed E-state index contributed by atoms with van der Waals surface area (Å²) in [6.07, 6.45) is 3.24. The van der Waals surface area contributed by atoms with Gasteiger partial charge in [0.2, 0.25) is 12.2 Å². The zero-order chi connectivity index (χ0) is 17.8. The summed E-state index contributed by atoms with van der Waals surface area (Å²) >= 11 is 0. The summed E-state index contributed by atoms with van der Waals surface area (Å²) < 4.78 is 0. The summed E-state index contributed by atoms with van der Waals surface area (Å²) in [5.74, 6) is 0. The van der Waals surface area contributed by atoms with E-state index < -0.39 is 11.1 Å². The molecule has 0 bridgehead atoms. The van der Waals surface area contributed by atoms with Crippen LogP contribution in [0.1, 0.15) is 38.8 Å². The number of carbonyl (C=O) groups excluding carboxylic acids is 2. The Labute approximate surface area is 142 Å². The minimum atomic E-state index is -0.582. The topological polar surface area (TPSA) is 58.9 Å². The van der Waals surface area contributed by atoms with Crippen LogP contribution in [-0.2, 0) is 20.7 Å². The summed E-state index contributed by atoms with van der Waals surface area (Å²) in [6.45, 7) is 7.49. The monoisotopic (exact) mass is 320 g/mol. The fraction of sp³-hybridized carbons (Fsp3) is 0.300. The molecule has 0 aliphatic carbocycles. The van der Waals surface area contributed by atoms with Gasteiger partial charge in [0, 0.05) is 0 Å². The van der Waals surface area contributed by atoms with Gasteiger partial charge in [-0.3, -0.25) is 0 Å². The van der Waals surface area contributed by atoms with Gasteiger partial charge < -0.3 is 0 Å². The van der Waals surface area contributed by atoms with Crippen molar-refractivity contribution >= 4 is 12.2 Å². The van der Waals surface area contributed by atoms with Crippen LogP contribution in [0, 0.1) is 0 Å². The molecule has 0 radical (unpaired) electrons. The van der Waals surface area contributed by atoms with E-state index in [2.05, 4.69) is 9.98 Å². The highest BCUT2D eigenvalue weighted by atomic mass is 16.1. The lowest BCUT2D eigenvalue weighted by Gasteiger charge is -2.19. The molecule has 0 unspecified atom stereocenters. The fourth-order valence-corrected chi connectivity index (χ4v) is 2.50. The molecule has 0 heterocycles. The van der Waals surface area contributed by atoms with Crippen LogP contribution in [0.5, 0.6) is 0 Å². The molecular formula is C20H20N2O2. The lowest BCUT2D eigenvalue weighted by Crippen LogP contribution is -2.13. The van der Waals surface area contributed by atoms with Gasteiger partial charge in [-0.05, 0) is 49.9 Å². The van der Waals surface area contributed by atoms with Gasteiger partial charge in [-0.2, -0.15) is 9.98 Å². The van der Waals surface area contributed by atoms with Crippen molar-refractivity contribution in [2.24, 2.45) is 9.98 Å². The minimum absolute atomic E-state index is 0.582. The molecule has 122 valence electrons. The number of rotatable bonds is 5. The third-order valence-corrected chi connectivity index (χ3v) is 4.17. The molecule has 4 heteroatoms.